The lowest BCUT2D eigenvalue weighted by Gasteiger charge is -2.27. The Morgan fingerprint density at radius 3 is 2.57 bits per heavy atom. The number of hydrogen-bond donors (Lipinski definition) is 3. The minimum atomic E-state index is -1.17. The summed E-state index contributed by atoms with van der Waals surface area (Å²) in [4.78, 5) is 34.3. The highest BCUT2D eigenvalue weighted by molar-refractivity contribution is 5.85. The molecule has 0 saturated heterocycles. The molecule has 1 rings (SSSR count). The van der Waals surface area contributed by atoms with Gasteiger partial charge in [-0.25, -0.2) is 4.79 Å². The average Bonchev–Trinajstić information content (AvgIpc) is 2.36. The number of nitrogens with one attached hydrogen (secondary N) is 1. The molecule has 2 atom stereocenters. The maximum absolute atomic E-state index is 11.9. The van der Waals surface area contributed by atoms with Crippen molar-refractivity contribution in [1.82, 2.24) is 10.2 Å². The number of carboxylic acids is 1. The summed E-state index contributed by atoms with van der Waals surface area (Å²) in [6.45, 7) is 1.81. The molecule has 1 aliphatic rings. The SMILES string of the molecule is CC1CCCC(CCNC(=O)N(CC(N)=O)CC(=O)O)C1. The number of carbonyl (C=O) groups is 3. The summed E-state index contributed by atoms with van der Waals surface area (Å²) in [5, 5.41) is 11.4. The Labute approximate surface area is 124 Å². The molecule has 2 unspecified atom stereocenters. The maximum atomic E-state index is 11.9. The molecule has 1 saturated carbocycles. The lowest BCUT2D eigenvalue weighted by atomic mass is 9.81. The van der Waals surface area contributed by atoms with Gasteiger partial charge in [0.25, 0.3) is 0 Å². The van der Waals surface area contributed by atoms with Gasteiger partial charge in [0.05, 0.1) is 0 Å². The summed E-state index contributed by atoms with van der Waals surface area (Å²) >= 11 is 0. The number of nitrogens with two attached hydrogens (primary N) is 1. The van der Waals surface area contributed by atoms with Crippen LogP contribution in [0.15, 0.2) is 0 Å². The highest BCUT2D eigenvalue weighted by Crippen LogP contribution is 2.30. The van der Waals surface area contributed by atoms with Gasteiger partial charge in [-0.3, -0.25) is 9.59 Å². The zero-order valence-electron chi connectivity index (χ0n) is 12.5. The molecule has 1 aliphatic carbocycles. The van der Waals surface area contributed by atoms with E-state index in [9.17, 15) is 14.4 Å². The fourth-order valence-electron chi connectivity index (χ4n) is 2.87. The van der Waals surface area contributed by atoms with Crippen molar-refractivity contribution in [2.45, 2.75) is 39.0 Å². The summed E-state index contributed by atoms with van der Waals surface area (Å²) in [5.41, 5.74) is 5.01. The van der Waals surface area contributed by atoms with Crippen molar-refractivity contribution in [2.24, 2.45) is 17.6 Å². The van der Waals surface area contributed by atoms with Crippen molar-refractivity contribution in [2.75, 3.05) is 19.6 Å². The summed E-state index contributed by atoms with van der Waals surface area (Å²) in [6.07, 6.45) is 5.74. The Morgan fingerprint density at radius 1 is 1.29 bits per heavy atom. The van der Waals surface area contributed by atoms with Gasteiger partial charge in [-0.2, -0.15) is 0 Å². The van der Waals surface area contributed by atoms with E-state index in [1.165, 1.54) is 25.7 Å². The first-order valence-electron chi connectivity index (χ1n) is 7.41. The molecule has 3 amide bonds. The fourth-order valence-corrected chi connectivity index (χ4v) is 2.87. The first-order chi connectivity index (χ1) is 9.88. The second kappa shape index (κ2) is 8.49. The summed E-state index contributed by atoms with van der Waals surface area (Å²) in [6, 6.07) is -0.556. The highest BCUT2D eigenvalue weighted by atomic mass is 16.4. The average molecular weight is 299 g/mol. The van der Waals surface area contributed by atoms with E-state index >= 15 is 0 Å². The summed E-state index contributed by atoms with van der Waals surface area (Å²) in [5.74, 6) is -0.559. The molecule has 0 aliphatic heterocycles. The number of amides is 3. The zero-order valence-corrected chi connectivity index (χ0v) is 12.5. The van der Waals surface area contributed by atoms with Crippen LogP contribution in [-0.4, -0.2) is 47.5 Å². The molecule has 7 heteroatoms. The third kappa shape index (κ3) is 6.97. The van der Waals surface area contributed by atoms with Crippen LogP contribution in [-0.2, 0) is 9.59 Å². The molecular formula is C14H25N3O4. The van der Waals surface area contributed by atoms with Gasteiger partial charge in [-0.05, 0) is 24.7 Å². The van der Waals surface area contributed by atoms with Crippen LogP contribution in [0.3, 0.4) is 0 Å². The maximum Gasteiger partial charge on any atom is 0.323 e. The molecule has 21 heavy (non-hydrogen) atoms. The van der Waals surface area contributed by atoms with Crippen LogP contribution in [0, 0.1) is 11.8 Å². The van der Waals surface area contributed by atoms with Crippen molar-refractivity contribution in [3.05, 3.63) is 0 Å². The van der Waals surface area contributed by atoms with E-state index in [0.717, 1.165) is 17.2 Å². The molecule has 0 aromatic carbocycles. The Balaban J connectivity index is 2.35. The number of rotatable bonds is 7. The van der Waals surface area contributed by atoms with E-state index < -0.39 is 31.0 Å². The standard InChI is InChI=1S/C14H25N3O4/c1-10-3-2-4-11(7-10)5-6-16-14(21)17(8-12(15)18)9-13(19)20/h10-11H,2-9H2,1H3,(H2,15,18)(H,16,21)(H,19,20). The normalized spacial score (nSPS) is 21.6. The van der Waals surface area contributed by atoms with Crippen LogP contribution in [0.25, 0.3) is 0 Å². The van der Waals surface area contributed by atoms with Gasteiger partial charge >= 0.3 is 12.0 Å². The minimum absolute atomic E-state index is 0.390. The van der Waals surface area contributed by atoms with E-state index in [0.29, 0.717) is 12.5 Å². The van der Waals surface area contributed by atoms with Crippen LogP contribution in [0.5, 0.6) is 0 Å². The third-order valence-electron chi connectivity index (χ3n) is 3.83. The van der Waals surface area contributed by atoms with Crippen molar-refractivity contribution < 1.29 is 19.5 Å². The smallest absolute Gasteiger partial charge is 0.323 e. The van der Waals surface area contributed by atoms with Gasteiger partial charge < -0.3 is 21.1 Å². The van der Waals surface area contributed by atoms with Crippen molar-refractivity contribution in [3.63, 3.8) is 0 Å². The monoisotopic (exact) mass is 299 g/mol. The Hall–Kier alpha value is -1.79. The van der Waals surface area contributed by atoms with Gasteiger partial charge in [0.2, 0.25) is 5.91 Å². The molecule has 7 nitrogen and oxygen atoms in total. The second-order valence-electron chi connectivity index (χ2n) is 5.87. The van der Waals surface area contributed by atoms with Gasteiger partial charge in [0.15, 0.2) is 0 Å². The predicted octanol–water partition coefficient (Wildman–Crippen LogP) is 0.784. The molecular weight excluding hydrogens is 274 g/mol. The topological polar surface area (TPSA) is 113 Å². The van der Waals surface area contributed by atoms with Crippen molar-refractivity contribution in [1.29, 1.82) is 0 Å². The lowest BCUT2D eigenvalue weighted by Crippen LogP contribution is -2.47. The first-order valence-corrected chi connectivity index (χ1v) is 7.41. The Kier molecular flexibility index (Phi) is 6.98. The summed E-state index contributed by atoms with van der Waals surface area (Å²) < 4.78 is 0. The predicted molar refractivity (Wildman–Crippen MR) is 77.5 cm³/mol. The van der Waals surface area contributed by atoms with E-state index in [1.807, 2.05) is 0 Å². The third-order valence-corrected chi connectivity index (χ3v) is 3.83. The lowest BCUT2D eigenvalue weighted by molar-refractivity contribution is -0.137. The van der Waals surface area contributed by atoms with E-state index in [2.05, 4.69) is 12.2 Å². The molecule has 0 radical (unpaired) electrons. The van der Waals surface area contributed by atoms with Gasteiger partial charge in [-0.1, -0.05) is 26.2 Å². The van der Waals surface area contributed by atoms with E-state index in [4.69, 9.17) is 10.8 Å². The van der Waals surface area contributed by atoms with Crippen LogP contribution < -0.4 is 11.1 Å². The van der Waals surface area contributed by atoms with Gasteiger partial charge in [0.1, 0.15) is 13.1 Å². The fraction of sp³-hybridized carbons (Fsp3) is 0.786. The molecule has 4 N–H and O–H groups in total. The molecule has 1 fully saturated rings. The van der Waals surface area contributed by atoms with Crippen LogP contribution >= 0.6 is 0 Å². The number of hydrogen-bond acceptors (Lipinski definition) is 3. The van der Waals surface area contributed by atoms with Gasteiger partial charge in [-0.15, -0.1) is 0 Å². The van der Waals surface area contributed by atoms with E-state index in [1.54, 1.807) is 0 Å². The molecule has 0 heterocycles. The zero-order chi connectivity index (χ0) is 15.8. The number of aliphatic carboxylic acids is 1. The number of primary amides is 1. The molecule has 0 spiro atoms. The van der Waals surface area contributed by atoms with Crippen molar-refractivity contribution >= 4 is 17.9 Å². The first kappa shape index (κ1) is 17.3. The molecule has 120 valence electrons. The van der Waals surface area contributed by atoms with E-state index in [-0.39, 0.29) is 0 Å². The van der Waals surface area contributed by atoms with Crippen LogP contribution in [0.4, 0.5) is 4.79 Å². The molecule has 0 bridgehead atoms. The Morgan fingerprint density at radius 2 is 2.00 bits per heavy atom. The summed E-state index contributed by atoms with van der Waals surface area (Å²) in [7, 11) is 0. The van der Waals surface area contributed by atoms with Crippen molar-refractivity contribution in [3.8, 4) is 0 Å². The Bertz CT molecular complexity index is 370. The number of carboxylic acid groups (broad SMARTS) is 1. The number of urea groups is 1. The molecule has 0 aromatic rings. The largest absolute Gasteiger partial charge is 0.480 e. The second-order valence-corrected chi connectivity index (χ2v) is 5.87. The van der Waals surface area contributed by atoms with Gasteiger partial charge in [0, 0.05) is 6.54 Å². The number of carbonyl (C=O) groups excluding carboxylic acids is 2. The minimum Gasteiger partial charge on any atom is -0.480 e. The molecule has 0 aromatic heterocycles. The highest BCUT2D eigenvalue weighted by Gasteiger charge is 2.21. The van der Waals surface area contributed by atoms with Crippen LogP contribution in [0.2, 0.25) is 0 Å². The van der Waals surface area contributed by atoms with Crippen LogP contribution in [0.1, 0.15) is 39.0 Å². The number of nitrogens with zero attached hydrogens (tertiary/aromatic N) is 1. The quantitative estimate of drug-likeness (QED) is 0.644.